The van der Waals surface area contributed by atoms with Crippen molar-refractivity contribution >= 4 is 5.97 Å². The highest BCUT2D eigenvalue weighted by Crippen LogP contribution is 2.22. The SMILES string of the molecule is CCCCCCCCCCC(CC)C(=O)Oc1ccc(OCc2ccccc2)cc1. The molecule has 3 heteroatoms. The molecule has 0 aromatic heterocycles. The molecule has 2 rings (SSSR count). The van der Waals surface area contributed by atoms with Crippen LogP contribution >= 0.6 is 0 Å². The first-order valence-electron chi connectivity index (χ1n) is 11.7. The monoisotopic (exact) mass is 410 g/mol. The van der Waals surface area contributed by atoms with Gasteiger partial charge in [0.2, 0.25) is 0 Å². The fourth-order valence-electron chi connectivity index (χ4n) is 3.56. The van der Waals surface area contributed by atoms with Gasteiger partial charge in [0.25, 0.3) is 0 Å². The average molecular weight is 411 g/mol. The number of esters is 1. The van der Waals surface area contributed by atoms with Gasteiger partial charge in [-0.1, -0.05) is 95.5 Å². The third-order valence-corrected chi connectivity index (χ3v) is 5.52. The van der Waals surface area contributed by atoms with E-state index in [1.165, 1.54) is 44.9 Å². The van der Waals surface area contributed by atoms with Gasteiger partial charge in [-0.25, -0.2) is 0 Å². The van der Waals surface area contributed by atoms with Gasteiger partial charge in [-0.05, 0) is 42.7 Å². The van der Waals surface area contributed by atoms with Crippen LogP contribution in [0.5, 0.6) is 11.5 Å². The summed E-state index contributed by atoms with van der Waals surface area (Å²) in [6.45, 7) is 4.84. The molecule has 1 unspecified atom stereocenters. The molecule has 3 nitrogen and oxygen atoms in total. The number of hydrogen-bond donors (Lipinski definition) is 0. The molecule has 0 spiro atoms. The first-order chi connectivity index (χ1) is 14.7. The summed E-state index contributed by atoms with van der Waals surface area (Å²) in [5.41, 5.74) is 1.12. The molecule has 0 fully saturated rings. The number of hydrogen-bond acceptors (Lipinski definition) is 3. The molecule has 0 aliphatic carbocycles. The number of carbonyl (C=O) groups is 1. The Morgan fingerprint density at radius 2 is 1.37 bits per heavy atom. The number of carbonyl (C=O) groups excluding carboxylic acids is 1. The molecule has 0 N–H and O–H groups in total. The zero-order chi connectivity index (χ0) is 21.4. The van der Waals surface area contributed by atoms with Gasteiger partial charge in [-0.3, -0.25) is 4.79 Å². The number of unbranched alkanes of at least 4 members (excludes halogenated alkanes) is 7. The van der Waals surface area contributed by atoms with Crippen LogP contribution in [-0.4, -0.2) is 5.97 Å². The van der Waals surface area contributed by atoms with Crippen molar-refractivity contribution in [1.29, 1.82) is 0 Å². The summed E-state index contributed by atoms with van der Waals surface area (Å²) < 4.78 is 11.4. The summed E-state index contributed by atoms with van der Waals surface area (Å²) in [6, 6.07) is 17.4. The predicted molar refractivity (Wildman–Crippen MR) is 124 cm³/mol. The summed E-state index contributed by atoms with van der Waals surface area (Å²) in [7, 11) is 0. The molecular weight excluding hydrogens is 372 g/mol. The molecule has 0 amide bonds. The van der Waals surface area contributed by atoms with Gasteiger partial charge in [0, 0.05) is 0 Å². The lowest BCUT2D eigenvalue weighted by Gasteiger charge is -2.14. The second-order valence-corrected chi connectivity index (χ2v) is 8.04. The van der Waals surface area contributed by atoms with E-state index >= 15 is 0 Å². The third kappa shape index (κ3) is 9.47. The maximum Gasteiger partial charge on any atom is 0.314 e. The minimum atomic E-state index is -0.113. The van der Waals surface area contributed by atoms with Crippen molar-refractivity contribution in [3.8, 4) is 11.5 Å². The van der Waals surface area contributed by atoms with Crippen molar-refractivity contribution in [2.24, 2.45) is 5.92 Å². The van der Waals surface area contributed by atoms with Crippen molar-refractivity contribution in [3.05, 3.63) is 60.2 Å². The van der Waals surface area contributed by atoms with Crippen LogP contribution in [0.4, 0.5) is 0 Å². The van der Waals surface area contributed by atoms with Crippen LogP contribution in [0.1, 0.15) is 83.6 Å². The van der Waals surface area contributed by atoms with E-state index in [1.54, 1.807) is 12.1 Å². The van der Waals surface area contributed by atoms with Gasteiger partial charge in [0.15, 0.2) is 0 Å². The van der Waals surface area contributed by atoms with E-state index in [4.69, 9.17) is 9.47 Å². The van der Waals surface area contributed by atoms with E-state index in [9.17, 15) is 4.79 Å². The van der Waals surface area contributed by atoms with Crippen molar-refractivity contribution in [2.45, 2.75) is 84.7 Å². The second-order valence-electron chi connectivity index (χ2n) is 8.04. The summed E-state index contributed by atoms with van der Waals surface area (Å²) in [5.74, 6) is 1.23. The Hall–Kier alpha value is -2.29. The van der Waals surface area contributed by atoms with Crippen LogP contribution in [0.15, 0.2) is 54.6 Å². The molecule has 0 saturated carbocycles. The van der Waals surface area contributed by atoms with Gasteiger partial charge in [0.1, 0.15) is 18.1 Å². The standard InChI is InChI=1S/C27H38O3/c1-3-5-6-7-8-9-10-14-17-24(4-2)27(28)30-26-20-18-25(19-21-26)29-22-23-15-12-11-13-16-23/h11-13,15-16,18-21,24H,3-10,14,17,22H2,1-2H3. The minimum absolute atomic E-state index is 0.0147. The highest BCUT2D eigenvalue weighted by Gasteiger charge is 2.18. The molecule has 0 bridgehead atoms. The zero-order valence-corrected chi connectivity index (χ0v) is 18.8. The molecular formula is C27H38O3. The molecule has 0 heterocycles. The van der Waals surface area contributed by atoms with Crippen molar-refractivity contribution in [3.63, 3.8) is 0 Å². The molecule has 2 aromatic rings. The summed E-state index contributed by atoms with van der Waals surface area (Å²) in [4.78, 5) is 12.5. The fourth-order valence-corrected chi connectivity index (χ4v) is 3.56. The Morgan fingerprint density at radius 3 is 2.00 bits per heavy atom. The number of ether oxygens (including phenoxy) is 2. The first-order valence-corrected chi connectivity index (χ1v) is 11.7. The van der Waals surface area contributed by atoms with Gasteiger partial charge in [-0.15, -0.1) is 0 Å². The van der Waals surface area contributed by atoms with Crippen LogP contribution in [0, 0.1) is 5.92 Å². The van der Waals surface area contributed by atoms with Crippen LogP contribution in [-0.2, 0) is 11.4 Å². The van der Waals surface area contributed by atoms with Gasteiger partial charge in [-0.2, -0.15) is 0 Å². The topological polar surface area (TPSA) is 35.5 Å². The van der Waals surface area contributed by atoms with E-state index < -0.39 is 0 Å². The van der Waals surface area contributed by atoms with Crippen LogP contribution in [0.2, 0.25) is 0 Å². The molecule has 30 heavy (non-hydrogen) atoms. The van der Waals surface area contributed by atoms with Crippen LogP contribution in [0.25, 0.3) is 0 Å². The molecule has 164 valence electrons. The average Bonchev–Trinajstić information content (AvgIpc) is 2.78. The molecule has 1 atom stereocenters. The molecule has 0 radical (unpaired) electrons. The lowest BCUT2D eigenvalue weighted by molar-refractivity contribution is -0.139. The minimum Gasteiger partial charge on any atom is -0.489 e. The molecule has 0 aliphatic rings. The van der Waals surface area contributed by atoms with E-state index in [2.05, 4.69) is 13.8 Å². The lowest BCUT2D eigenvalue weighted by atomic mass is 9.98. The third-order valence-electron chi connectivity index (χ3n) is 5.52. The Kier molecular flexibility index (Phi) is 11.7. The summed E-state index contributed by atoms with van der Waals surface area (Å²) >= 11 is 0. The maximum absolute atomic E-state index is 12.5. The predicted octanol–water partition coefficient (Wildman–Crippen LogP) is 7.73. The summed E-state index contributed by atoms with van der Waals surface area (Å²) in [5, 5.41) is 0. The van der Waals surface area contributed by atoms with E-state index in [0.717, 1.165) is 30.6 Å². The van der Waals surface area contributed by atoms with Gasteiger partial charge >= 0.3 is 5.97 Å². The van der Waals surface area contributed by atoms with Gasteiger partial charge < -0.3 is 9.47 Å². The summed E-state index contributed by atoms with van der Waals surface area (Å²) in [6.07, 6.45) is 12.0. The van der Waals surface area contributed by atoms with Crippen molar-refractivity contribution in [2.75, 3.05) is 0 Å². The van der Waals surface area contributed by atoms with Crippen molar-refractivity contribution < 1.29 is 14.3 Å². The lowest BCUT2D eigenvalue weighted by Crippen LogP contribution is -2.20. The largest absolute Gasteiger partial charge is 0.489 e. The highest BCUT2D eigenvalue weighted by molar-refractivity contribution is 5.75. The molecule has 0 saturated heterocycles. The van der Waals surface area contributed by atoms with E-state index in [1.807, 2.05) is 42.5 Å². The smallest absolute Gasteiger partial charge is 0.314 e. The maximum atomic E-state index is 12.5. The Bertz CT molecular complexity index is 694. The Balaban J connectivity index is 1.67. The zero-order valence-electron chi connectivity index (χ0n) is 18.8. The molecule has 2 aromatic carbocycles. The second kappa shape index (κ2) is 14.7. The van der Waals surface area contributed by atoms with Crippen LogP contribution < -0.4 is 9.47 Å². The quantitative estimate of drug-likeness (QED) is 0.171. The van der Waals surface area contributed by atoms with E-state index in [-0.39, 0.29) is 11.9 Å². The van der Waals surface area contributed by atoms with Gasteiger partial charge in [0.05, 0.1) is 5.92 Å². The number of benzene rings is 2. The highest BCUT2D eigenvalue weighted by atomic mass is 16.5. The van der Waals surface area contributed by atoms with Crippen LogP contribution in [0.3, 0.4) is 0 Å². The Morgan fingerprint density at radius 1 is 0.767 bits per heavy atom. The van der Waals surface area contributed by atoms with E-state index in [0.29, 0.717) is 12.4 Å². The Labute approximate surface area is 182 Å². The molecule has 0 aliphatic heterocycles. The number of rotatable bonds is 15. The fraction of sp³-hybridized carbons (Fsp3) is 0.519. The normalized spacial score (nSPS) is 11.8. The van der Waals surface area contributed by atoms with Crippen molar-refractivity contribution in [1.82, 2.24) is 0 Å². The first kappa shape index (κ1) is 24.0.